The Balaban J connectivity index is 0.000000293. The maximum absolute atomic E-state index is 5.93. The van der Waals surface area contributed by atoms with E-state index in [1.54, 1.807) is 13.1 Å². The summed E-state index contributed by atoms with van der Waals surface area (Å²) in [6.45, 7) is 3.63. The number of pyridine rings is 1. The highest BCUT2D eigenvalue weighted by molar-refractivity contribution is 6.29. The van der Waals surface area contributed by atoms with Crippen molar-refractivity contribution in [3.63, 3.8) is 0 Å². The van der Waals surface area contributed by atoms with Crippen molar-refractivity contribution < 1.29 is 0 Å². The molecule has 2 rings (SSSR count). The summed E-state index contributed by atoms with van der Waals surface area (Å²) in [6.07, 6.45) is 6.40. The van der Waals surface area contributed by atoms with Crippen LogP contribution in [0.1, 0.15) is 12.6 Å². The normalized spacial score (nSPS) is 9.00. The van der Waals surface area contributed by atoms with Crippen LogP contribution in [0.15, 0.2) is 24.4 Å². The van der Waals surface area contributed by atoms with Crippen LogP contribution in [0.2, 0.25) is 5.15 Å². The third-order valence-corrected chi connectivity index (χ3v) is 1.95. The van der Waals surface area contributed by atoms with Crippen molar-refractivity contribution in [2.75, 3.05) is 0 Å². The van der Waals surface area contributed by atoms with Gasteiger partial charge in [0.05, 0.1) is 0 Å². The van der Waals surface area contributed by atoms with Crippen LogP contribution in [0.4, 0.5) is 0 Å². The maximum Gasteiger partial charge on any atom is 0.138 e. The number of terminal acetylenes is 1. The Bertz CT molecular complexity index is 466. The molecule has 2 aromatic rings. The number of nitrogens with zero attached hydrogens (tertiary/aromatic N) is 2. The van der Waals surface area contributed by atoms with Gasteiger partial charge in [-0.1, -0.05) is 17.7 Å². The lowest BCUT2D eigenvalue weighted by atomic mass is 10.4. The van der Waals surface area contributed by atoms with Gasteiger partial charge in [-0.25, -0.2) is 4.98 Å². The molecule has 0 aromatic carbocycles. The standard InChI is InChI=1S/C8H7ClN2.C3H4/c1-6-5-10-8-4-2-3-7(9)11(6)8;1-3-2/h2-5H,1H3;1H,2H3. The van der Waals surface area contributed by atoms with E-state index in [1.165, 1.54) is 0 Å². The summed E-state index contributed by atoms with van der Waals surface area (Å²) < 4.78 is 1.90. The summed E-state index contributed by atoms with van der Waals surface area (Å²) in [7, 11) is 0. The first-order chi connectivity index (χ1) is 6.70. The topological polar surface area (TPSA) is 17.3 Å². The Hall–Kier alpha value is -1.46. The molecule has 72 valence electrons. The first-order valence-electron chi connectivity index (χ1n) is 4.16. The van der Waals surface area contributed by atoms with Crippen LogP contribution in [0.25, 0.3) is 5.65 Å². The third kappa shape index (κ3) is 2.07. The minimum atomic E-state index is 0.706. The van der Waals surface area contributed by atoms with Crippen LogP contribution in [-0.4, -0.2) is 9.38 Å². The fraction of sp³-hybridized carbons (Fsp3) is 0.182. The molecule has 2 heterocycles. The van der Waals surface area contributed by atoms with Gasteiger partial charge < -0.3 is 0 Å². The van der Waals surface area contributed by atoms with Crippen molar-refractivity contribution in [1.82, 2.24) is 9.38 Å². The highest BCUT2D eigenvalue weighted by Crippen LogP contribution is 2.13. The molecule has 0 spiro atoms. The van der Waals surface area contributed by atoms with Crippen molar-refractivity contribution in [2.24, 2.45) is 0 Å². The van der Waals surface area contributed by atoms with Gasteiger partial charge in [-0.15, -0.1) is 12.3 Å². The van der Waals surface area contributed by atoms with E-state index in [4.69, 9.17) is 11.6 Å². The summed E-state index contributed by atoms with van der Waals surface area (Å²) in [5, 5.41) is 0.706. The van der Waals surface area contributed by atoms with Crippen molar-refractivity contribution in [1.29, 1.82) is 0 Å². The zero-order chi connectivity index (χ0) is 10.6. The molecule has 0 aliphatic carbocycles. The highest BCUT2D eigenvalue weighted by atomic mass is 35.5. The van der Waals surface area contributed by atoms with E-state index < -0.39 is 0 Å². The molecule has 0 N–H and O–H groups in total. The molecule has 2 aromatic heterocycles. The van der Waals surface area contributed by atoms with Gasteiger partial charge in [0.25, 0.3) is 0 Å². The van der Waals surface area contributed by atoms with Gasteiger partial charge in [-0.05, 0) is 26.0 Å². The first-order valence-corrected chi connectivity index (χ1v) is 4.54. The third-order valence-electron chi connectivity index (χ3n) is 1.66. The zero-order valence-electron chi connectivity index (χ0n) is 8.16. The molecule has 0 aliphatic heterocycles. The fourth-order valence-corrected chi connectivity index (χ4v) is 1.43. The van der Waals surface area contributed by atoms with E-state index in [9.17, 15) is 0 Å². The molecule has 0 radical (unpaired) electrons. The number of rotatable bonds is 0. The molecule has 0 saturated carbocycles. The van der Waals surface area contributed by atoms with Crippen LogP contribution in [0, 0.1) is 19.3 Å². The number of fused-ring (bicyclic) bond motifs is 1. The quantitative estimate of drug-likeness (QED) is 0.479. The van der Waals surface area contributed by atoms with Gasteiger partial charge in [0.2, 0.25) is 0 Å². The number of hydrogen-bond donors (Lipinski definition) is 0. The van der Waals surface area contributed by atoms with Gasteiger partial charge in [0, 0.05) is 11.9 Å². The van der Waals surface area contributed by atoms with Gasteiger partial charge >= 0.3 is 0 Å². The van der Waals surface area contributed by atoms with Crippen molar-refractivity contribution >= 4 is 17.2 Å². The molecule has 0 bridgehead atoms. The lowest BCUT2D eigenvalue weighted by Crippen LogP contribution is -1.87. The highest BCUT2D eigenvalue weighted by Gasteiger charge is 1.99. The second-order valence-electron chi connectivity index (χ2n) is 2.73. The average Bonchev–Trinajstić information content (AvgIpc) is 2.51. The molecule has 2 nitrogen and oxygen atoms in total. The van der Waals surface area contributed by atoms with Crippen LogP contribution in [0.3, 0.4) is 0 Å². The SMILES string of the molecule is C#CC.Cc1cnc2cccc(Cl)n12. The summed E-state index contributed by atoms with van der Waals surface area (Å²) in [5.74, 6) is 2.25. The van der Waals surface area contributed by atoms with E-state index in [-0.39, 0.29) is 0 Å². The second-order valence-corrected chi connectivity index (χ2v) is 3.12. The smallest absolute Gasteiger partial charge is 0.138 e. The molecule has 0 unspecified atom stereocenters. The molecule has 0 amide bonds. The van der Waals surface area contributed by atoms with Crippen molar-refractivity contribution in [3.8, 4) is 12.3 Å². The summed E-state index contributed by atoms with van der Waals surface area (Å²) in [5.41, 5.74) is 1.96. The second kappa shape index (κ2) is 4.69. The maximum atomic E-state index is 5.93. The minimum Gasteiger partial charge on any atom is -0.287 e. The lowest BCUT2D eigenvalue weighted by Gasteiger charge is -1.97. The lowest BCUT2D eigenvalue weighted by molar-refractivity contribution is 1.11. The summed E-state index contributed by atoms with van der Waals surface area (Å²) in [4.78, 5) is 4.16. The first kappa shape index (κ1) is 10.6. The van der Waals surface area contributed by atoms with Crippen LogP contribution < -0.4 is 0 Å². The van der Waals surface area contributed by atoms with Crippen molar-refractivity contribution in [3.05, 3.63) is 35.2 Å². The van der Waals surface area contributed by atoms with Crippen LogP contribution in [0.5, 0.6) is 0 Å². The Labute approximate surface area is 88.5 Å². The van der Waals surface area contributed by atoms with E-state index in [0.29, 0.717) is 5.15 Å². The molecule has 0 fully saturated rings. The Morgan fingerprint density at radius 2 is 2.14 bits per heavy atom. The summed E-state index contributed by atoms with van der Waals surface area (Å²) >= 11 is 5.93. The summed E-state index contributed by atoms with van der Waals surface area (Å²) in [6, 6.07) is 5.67. The Kier molecular flexibility index (Phi) is 3.55. The number of halogens is 1. The Morgan fingerprint density at radius 3 is 2.71 bits per heavy atom. The molecule has 0 atom stereocenters. The predicted octanol–water partition coefficient (Wildman–Crippen LogP) is 2.94. The van der Waals surface area contributed by atoms with Crippen LogP contribution >= 0.6 is 11.6 Å². The van der Waals surface area contributed by atoms with E-state index in [2.05, 4.69) is 17.3 Å². The molecule has 0 saturated heterocycles. The van der Waals surface area contributed by atoms with Gasteiger partial charge in [0.15, 0.2) is 0 Å². The molecule has 3 heteroatoms. The monoisotopic (exact) mass is 206 g/mol. The number of hydrogen-bond acceptors (Lipinski definition) is 1. The molecule has 0 aliphatic rings. The van der Waals surface area contributed by atoms with Gasteiger partial charge in [-0.2, -0.15) is 0 Å². The Morgan fingerprint density at radius 1 is 1.50 bits per heavy atom. The molecule has 14 heavy (non-hydrogen) atoms. The number of aryl methyl sites for hydroxylation is 1. The van der Waals surface area contributed by atoms with E-state index >= 15 is 0 Å². The van der Waals surface area contributed by atoms with Crippen molar-refractivity contribution in [2.45, 2.75) is 13.8 Å². The average molecular weight is 207 g/mol. The molecular formula is C11H11ClN2. The number of aromatic nitrogens is 2. The predicted molar refractivity (Wildman–Crippen MR) is 59.4 cm³/mol. The van der Waals surface area contributed by atoms with E-state index in [0.717, 1.165) is 11.3 Å². The fourth-order valence-electron chi connectivity index (χ4n) is 1.14. The minimum absolute atomic E-state index is 0.706. The van der Waals surface area contributed by atoms with Gasteiger partial charge in [0.1, 0.15) is 10.8 Å². The number of imidazole rings is 1. The van der Waals surface area contributed by atoms with Crippen LogP contribution in [-0.2, 0) is 0 Å². The zero-order valence-corrected chi connectivity index (χ0v) is 8.92. The van der Waals surface area contributed by atoms with Gasteiger partial charge in [-0.3, -0.25) is 4.40 Å². The molecular weight excluding hydrogens is 196 g/mol. The largest absolute Gasteiger partial charge is 0.287 e. The van der Waals surface area contributed by atoms with E-state index in [1.807, 2.05) is 29.5 Å².